The number of nitrogens with zero attached hydrogens (tertiary/aromatic N) is 2. The Kier molecular flexibility index (Phi) is 6.71. The van der Waals surface area contributed by atoms with Gasteiger partial charge in [-0.2, -0.15) is 0 Å². The molecule has 0 spiro atoms. The molecule has 27 heavy (non-hydrogen) atoms. The number of carbonyl (C=O) groups excluding carboxylic acids is 1. The van der Waals surface area contributed by atoms with E-state index in [1.54, 1.807) is 14.2 Å². The fourth-order valence-electron chi connectivity index (χ4n) is 3.43. The molecule has 1 saturated heterocycles. The van der Waals surface area contributed by atoms with Gasteiger partial charge in [-0.25, -0.2) is 0 Å². The van der Waals surface area contributed by atoms with Crippen LogP contribution < -0.4 is 9.47 Å². The highest BCUT2D eigenvalue weighted by Crippen LogP contribution is 2.20. The number of rotatable bonds is 7. The number of aryl methyl sites for hydroxylation is 1. The first kappa shape index (κ1) is 19.2. The summed E-state index contributed by atoms with van der Waals surface area (Å²) in [6, 6.07) is 16.1. The molecule has 0 bridgehead atoms. The number of piperazine rings is 1. The standard InChI is InChI=1S/C22H28N2O3/c1-26-20-10-7-18(8-11-20)9-12-22(25)24-15-13-23(14-16-24)17-19-5-3-4-6-21(19)27-2/h3-8,10-11H,9,12-17H2,1-2H3. The van der Waals surface area contributed by atoms with Gasteiger partial charge in [0.1, 0.15) is 11.5 Å². The third-order valence-corrected chi connectivity index (χ3v) is 5.10. The van der Waals surface area contributed by atoms with Crippen LogP contribution in [0.15, 0.2) is 48.5 Å². The fourth-order valence-corrected chi connectivity index (χ4v) is 3.43. The Bertz CT molecular complexity index is 737. The molecule has 1 fully saturated rings. The van der Waals surface area contributed by atoms with Gasteiger partial charge in [0.05, 0.1) is 14.2 Å². The average molecular weight is 368 g/mol. The van der Waals surface area contributed by atoms with Crippen molar-refractivity contribution >= 4 is 5.91 Å². The van der Waals surface area contributed by atoms with E-state index < -0.39 is 0 Å². The Balaban J connectivity index is 1.44. The monoisotopic (exact) mass is 368 g/mol. The third-order valence-electron chi connectivity index (χ3n) is 5.10. The number of para-hydroxylation sites is 1. The maximum Gasteiger partial charge on any atom is 0.222 e. The van der Waals surface area contributed by atoms with Gasteiger partial charge in [-0.05, 0) is 30.2 Å². The Hall–Kier alpha value is -2.53. The zero-order valence-corrected chi connectivity index (χ0v) is 16.2. The molecule has 1 aliphatic rings. The van der Waals surface area contributed by atoms with Crippen molar-refractivity contribution < 1.29 is 14.3 Å². The summed E-state index contributed by atoms with van der Waals surface area (Å²) >= 11 is 0. The molecule has 1 heterocycles. The number of hydrogen-bond donors (Lipinski definition) is 0. The van der Waals surface area contributed by atoms with Crippen LogP contribution in [-0.4, -0.2) is 56.1 Å². The molecule has 0 radical (unpaired) electrons. The molecule has 0 atom stereocenters. The molecule has 0 saturated carbocycles. The number of amides is 1. The molecule has 144 valence electrons. The van der Waals surface area contributed by atoms with E-state index in [1.807, 2.05) is 47.4 Å². The van der Waals surface area contributed by atoms with Crippen molar-refractivity contribution in [3.63, 3.8) is 0 Å². The molecule has 1 amide bonds. The van der Waals surface area contributed by atoms with E-state index in [1.165, 1.54) is 11.1 Å². The van der Waals surface area contributed by atoms with E-state index in [2.05, 4.69) is 11.0 Å². The number of ether oxygens (including phenoxy) is 2. The first-order chi connectivity index (χ1) is 13.2. The van der Waals surface area contributed by atoms with Gasteiger partial charge in [0, 0.05) is 44.7 Å². The van der Waals surface area contributed by atoms with Crippen LogP contribution >= 0.6 is 0 Å². The summed E-state index contributed by atoms with van der Waals surface area (Å²) in [7, 11) is 3.37. The van der Waals surface area contributed by atoms with Crippen LogP contribution in [0.2, 0.25) is 0 Å². The summed E-state index contributed by atoms with van der Waals surface area (Å²) in [6.07, 6.45) is 1.32. The summed E-state index contributed by atoms with van der Waals surface area (Å²) in [5.41, 5.74) is 2.36. The predicted molar refractivity (Wildman–Crippen MR) is 106 cm³/mol. The molecule has 0 aromatic heterocycles. The van der Waals surface area contributed by atoms with Crippen LogP contribution in [-0.2, 0) is 17.8 Å². The van der Waals surface area contributed by atoms with E-state index in [0.29, 0.717) is 6.42 Å². The minimum atomic E-state index is 0.239. The molecule has 0 N–H and O–H groups in total. The van der Waals surface area contributed by atoms with E-state index in [0.717, 1.165) is 50.6 Å². The summed E-state index contributed by atoms with van der Waals surface area (Å²) in [5, 5.41) is 0. The van der Waals surface area contributed by atoms with Crippen LogP contribution in [0, 0.1) is 0 Å². The van der Waals surface area contributed by atoms with Gasteiger partial charge in [0.15, 0.2) is 0 Å². The van der Waals surface area contributed by atoms with E-state index >= 15 is 0 Å². The molecule has 1 aliphatic heterocycles. The third kappa shape index (κ3) is 5.23. The van der Waals surface area contributed by atoms with E-state index in [9.17, 15) is 4.79 Å². The molecule has 2 aromatic rings. The number of methoxy groups -OCH3 is 2. The molecule has 2 aromatic carbocycles. The van der Waals surface area contributed by atoms with Crippen molar-refractivity contribution in [1.82, 2.24) is 9.80 Å². The molecule has 5 nitrogen and oxygen atoms in total. The minimum Gasteiger partial charge on any atom is -0.497 e. The molecule has 5 heteroatoms. The maximum absolute atomic E-state index is 12.5. The zero-order chi connectivity index (χ0) is 19.1. The van der Waals surface area contributed by atoms with Crippen LogP contribution in [0.25, 0.3) is 0 Å². The fraction of sp³-hybridized carbons (Fsp3) is 0.409. The molecular weight excluding hydrogens is 340 g/mol. The van der Waals surface area contributed by atoms with Gasteiger partial charge in [-0.1, -0.05) is 30.3 Å². The number of carbonyl (C=O) groups is 1. The highest BCUT2D eigenvalue weighted by molar-refractivity contribution is 5.76. The number of benzene rings is 2. The summed E-state index contributed by atoms with van der Waals surface area (Å²) in [5.74, 6) is 2.01. The molecule has 3 rings (SSSR count). The largest absolute Gasteiger partial charge is 0.497 e. The first-order valence-electron chi connectivity index (χ1n) is 9.44. The van der Waals surface area contributed by atoms with Crippen LogP contribution in [0.3, 0.4) is 0 Å². The highest BCUT2D eigenvalue weighted by atomic mass is 16.5. The van der Waals surface area contributed by atoms with Gasteiger partial charge in [0.2, 0.25) is 5.91 Å². The van der Waals surface area contributed by atoms with E-state index in [4.69, 9.17) is 9.47 Å². The summed E-state index contributed by atoms with van der Waals surface area (Å²) in [4.78, 5) is 16.9. The zero-order valence-electron chi connectivity index (χ0n) is 16.2. The lowest BCUT2D eigenvalue weighted by Crippen LogP contribution is -2.48. The second-order valence-corrected chi connectivity index (χ2v) is 6.82. The normalized spacial score (nSPS) is 14.8. The second-order valence-electron chi connectivity index (χ2n) is 6.82. The average Bonchev–Trinajstić information content (AvgIpc) is 2.73. The van der Waals surface area contributed by atoms with Gasteiger partial charge in [0.25, 0.3) is 0 Å². The molecular formula is C22H28N2O3. The summed E-state index contributed by atoms with van der Waals surface area (Å²) in [6.45, 7) is 4.23. The van der Waals surface area contributed by atoms with Crippen LogP contribution in [0.1, 0.15) is 17.5 Å². The lowest BCUT2D eigenvalue weighted by Gasteiger charge is -2.35. The van der Waals surface area contributed by atoms with Gasteiger partial charge >= 0.3 is 0 Å². The van der Waals surface area contributed by atoms with Gasteiger partial charge in [-0.3, -0.25) is 9.69 Å². The first-order valence-corrected chi connectivity index (χ1v) is 9.44. The van der Waals surface area contributed by atoms with Crippen molar-refractivity contribution in [1.29, 1.82) is 0 Å². The van der Waals surface area contributed by atoms with E-state index in [-0.39, 0.29) is 5.91 Å². The Morgan fingerprint density at radius 1 is 0.926 bits per heavy atom. The highest BCUT2D eigenvalue weighted by Gasteiger charge is 2.21. The van der Waals surface area contributed by atoms with Crippen molar-refractivity contribution in [3.8, 4) is 11.5 Å². The second kappa shape index (κ2) is 9.42. The predicted octanol–water partition coefficient (Wildman–Crippen LogP) is 2.98. The number of hydrogen-bond acceptors (Lipinski definition) is 4. The van der Waals surface area contributed by atoms with Crippen molar-refractivity contribution in [2.24, 2.45) is 0 Å². The van der Waals surface area contributed by atoms with Gasteiger partial charge < -0.3 is 14.4 Å². The molecule has 0 aliphatic carbocycles. The lowest BCUT2D eigenvalue weighted by atomic mass is 10.1. The lowest BCUT2D eigenvalue weighted by molar-refractivity contribution is -0.133. The van der Waals surface area contributed by atoms with Crippen LogP contribution in [0.4, 0.5) is 0 Å². The maximum atomic E-state index is 12.5. The Labute approximate surface area is 161 Å². The smallest absolute Gasteiger partial charge is 0.222 e. The Morgan fingerprint density at radius 3 is 2.30 bits per heavy atom. The summed E-state index contributed by atoms with van der Waals surface area (Å²) < 4.78 is 10.6. The van der Waals surface area contributed by atoms with Crippen molar-refractivity contribution in [2.45, 2.75) is 19.4 Å². The van der Waals surface area contributed by atoms with Crippen LogP contribution in [0.5, 0.6) is 11.5 Å². The SMILES string of the molecule is COc1ccc(CCC(=O)N2CCN(Cc3ccccc3OC)CC2)cc1. The van der Waals surface area contributed by atoms with Crippen molar-refractivity contribution in [2.75, 3.05) is 40.4 Å². The van der Waals surface area contributed by atoms with Gasteiger partial charge in [-0.15, -0.1) is 0 Å². The van der Waals surface area contributed by atoms with Crippen molar-refractivity contribution in [3.05, 3.63) is 59.7 Å². The minimum absolute atomic E-state index is 0.239. The Morgan fingerprint density at radius 2 is 1.63 bits per heavy atom. The molecule has 0 unspecified atom stereocenters. The topological polar surface area (TPSA) is 42.0 Å². The quantitative estimate of drug-likeness (QED) is 0.754.